The Balaban J connectivity index is 1.70. The zero-order valence-corrected chi connectivity index (χ0v) is 14.5. The standard InChI is InChI=1S/C18H22N6O/c1-12(2)18(25)21-9-15-10-22-23-17(15)13-4-6-24(11-13)16-3-5-20-8-14(16)7-19/h3,5,8,10,12-13H,4,6,9,11H2,1-2H3,(H,21,25)(H,22,23). The van der Waals surface area contributed by atoms with Gasteiger partial charge in [0.05, 0.1) is 17.4 Å². The zero-order valence-electron chi connectivity index (χ0n) is 14.5. The predicted molar refractivity (Wildman–Crippen MR) is 93.8 cm³/mol. The molecule has 0 bridgehead atoms. The number of carbonyl (C=O) groups is 1. The van der Waals surface area contributed by atoms with Crippen molar-refractivity contribution in [1.82, 2.24) is 20.5 Å². The minimum absolute atomic E-state index is 0.0339. The zero-order chi connectivity index (χ0) is 17.8. The van der Waals surface area contributed by atoms with Gasteiger partial charge in [0.1, 0.15) is 6.07 Å². The summed E-state index contributed by atoms with van der Waals surface area (Å²) in [4.78, 5) is 18.0. The van der Waals surface area contributed by atoms with E-state index in [4.69, 9.17) is 0 Å². The molecule has 0 spiro atoms. The van der Waals surface area contributed by atoms with Crippen LogP contribution in [0.1, 0.15) is 43.0 Å². The topological polar surface area (TPSA) is 97.7 Å². The molecule has 0 aliphatic carbocycles. The third kappa shape index (κ3) is 3.63. The van der Waals surface area contributed by atoms with Gasteiger partial charge in [0.25, 0.3) is 0 Å². The summed E-state index contributed by atoms with van der Waals surface area (Å²) in [5, 5.41) is 19.5. The maximum atomic E-state index is 11.8. The van der Waals surface area contributed by atoms with Crippen molar-refractivity contribution in [2.45, 2.75) is 32.7 Å². The molecular formula is C18H22N6O. The van der Waals surface area contributed by atoms with Crippen LogP contribution in [-0.2, 0) is 11.3 Å². The lowest BCUT2D eigenvalue weighted by atomic mass is 10.0. The van der Waals surface area contributed by atoms with Crippen LogP contribution in [0, 0.1) is 17.2 Å². The summed E-state index contributed by atoms with van der Waals surface area (Å²) in [5.41, 5.74) is 3.61. The van der Waals surface area contributed by atoms with Gasteiger partial charge in [-0.2, -0.15) is 10.4 Å². The minimum Gasteiger partial charge on any atom is -0.370 e. The number of nitriles is 1. The summed E-state index contributed by atoms with van der Waals surface area (Å²) < 4.78 is 0. The van der Waals surface area contributed by atoms with E-state index < -0.39 is 0 Å². The number of amides is 1. The number of carbonyl (C=O) groups excluding carboxylic acids is 1. The normalized spacial score (nSPS) is 16.9. The fraction of sp³-hybridized carbons (Fsp3) is 0.444. The highest BCUT2D eigenvalue weighted by molar-refractivity contribution is 5.77. The molecule has 25 heavy (non-hydrogen) atoms. The maximum absolute atomic E-state index is 11.8. The van der Waals surface area contributed by atoms with E-state index in [-0.39, 0.29) is 11.8 Å². The fourth-order valence-electron chi connectivity index (χ4n) is 3.17. The molecule has 2 N–H and O–H groups in total. The number of pyridine rings is 1. The van der Waals surface area contributed by atoms with Gasteiger partial charge in [-0.1, -0.05) is 13.8 Å². The molecule has 2 aromatic rings. The van der Waals surface area contributed by atoms with Crippen LogP contribution in [0.15, 0.2) is 24.7 Å². The summed E-state index contributed by atoms with van der Waals surface area (Å²) in [7, 11) is 0. The number of rotatable bonds is 5. The average molecular weight is 338 g/mol. The van der Waals surface area contributed by atoms with E-state index >= 15 is 0 Å². The van der Waals surface area contributed by atoms with Crippen molar-refractivity contribution in [2.75, 3.05) is 18.0 Å². The van der Waals surface area contributed by atoms with E-state index in [1.807, 2.05) is 19.9 Å². The van der Waals surface area contributed by atoms with Crippen LogP contribution in [0.3, 0.4) is 0 Å². The van der Waals surface area contributed by atoms with Crippen molar-refractivity contribution in [3.63, 3.8) is 0 Å². The molecule has 7 nitrogen and oxygen atoms in total. The van der Waals surface area contributed by atoms with Crippen LogP contribution in [0.5, 0.6) is 0 Å². The van der Waals surface area contributed by atoms with Gasteiger partial charge in [-0.15, -0.1) is 0 Å². The Kier molecular flexibility index (Phi) is 4.98. The highest BCUT2D eigenvalue weighted by Crippen LogP contribution is 2.32. The first kappa shape index (κ1) is 17.0. The molecule has 3 rings (SSSR count). The molecule has 0 saturated carbocycles. The lowest BCUT2D eigenvalue weighted by Crippen LogP contribution is -2.27. The van der Waals surface area contributed by atoms with E-state index in [0.717, 1.165) is 36.5 Å². The van der Waals surface area contributed by atoms with Crippen molar-refractivity contribution in [1.29, 1.82) is 5.26 Å². The number of H-pyrrole nitrogens is 1. The van der Waals surface area contributed by atoms with E-state index in [1.54, 1.807) is 18.6 Å². The molecule has 1 saturated heterocycles. The molecule has 3 heterocycles. The number of hydrogen-bond acceptors (Lipinski definition) is 5. The predicted octanol–water partition coefficient (Wildman–Crippen LogP) is 1.94. The minimum atomic E-state index is -0.0339. The van der Waals surface area contributed by atoms with Gasteiger partial charge in [-0.25, -0.2) is 0 Å². The molecule has 2 aromatic heterocycles. The molecule has 1 unspecified atom stereocenters. The fourth-order valence-corrected chi connectivity index (χ4v) is 3.17. The number of hydrogen-bond donors (Lipinski definition) is 2. The number of nitrogens with one attached hydrogen (secondary N) is 2. The van der Waals surface area contributed by atoms with Gasteiger partial charge in [-0.3, -0.25) is 14.9 Å². The lowest BCUT2D eigenvalue weighted by molar-refractivity contribution is -0.124. The monoisotopic (exact) mass is 338 g/mol. The van der Waals surface area contributed by atoms with Gasteiger partial charge < -0.3 is 10.2 Å². The molecule has 0 aromatic carbocycles. The van der Waals surface area contributed by atoms with Crippen molar-refractivity contribution < 1.29 is 4.79 Å². The van der Waals surface area contributed by atoms with E-state index in [0.29, 0.717) is 18.0 Å². The third-order valence-electron chi connectivity index (χ3n) is 4.58. The molecule has 1 amide bonds. The van der Waals surface area contributed by atoms with E-state index in [9.17, 15) is 10.1 Å². The maximum Gasteiger partial charge on any atom is 0.222 e. The molecule has 1 aliphatic heterocycles. The molecular weight excluding hydrogens is 316 g/mol. The average Bonchev–Trinajstić information content (AvgIpc) is 3.28. The van der Waals surface area contributed by atoms with Gasteiger partial charge in [0.2, 0.25) is 5.91 Å². The van der Waals surface area contributed by atoms with Gasteiger partial charge >= 0.3 is 0 Å². The summed E-state index contributed by atoms with van der Waals surface area (Å²) in [6, 6.07) is 4.09. The molecule has 130 valence electrons. The van der Waals surface area contributed by atoms with Crippen LogP contribution in [0.25, 0.3) is 0 Å². The van der Waals surface area contributed by atoms with Gasteiger partial charge in [0, 0.05) is 55.1 Å². The van der Waals surface area contributed by atoms with Gasteiger partial charge in [0.15, 0.2) is 0 Å². The number of nitrogens with zero attached hydrogens (tertiary/aromatic N) is 4. The number of aromatic nitrogens is 3. The van der Waals surface area contributed by atoms with E-state index in [2.05, 4.69) is 31.5 Å². The lowest BCUT2D eigenvalue weighted by Gasteiger charge is -2.19. The van der Waals surface area contributed by atoms with Crippen LogP contribution < -0.4 is 10.2 Å². The van der Waals surface area contributed by atoms with Crippen molar-refractivity contribution in [3.05, 3.63) is 41.5 Å². The largest absolute Gasteiger partial charge is 0.370 e. The first-order valence-electron chi connectivity index (χ1n) is 8.49. The van der Waals surface area contributed by atoms with Crippen molar-refractivity contribution in [2.24, 2.45) is 5.92 Å². The molecule has 0 radical (unpaired) electrons. The Hall–Kier alpha value is -2.88. The summed E-state index contributed by atoms with van der Waals surface area (Å²) >= 11 is 0. The number of anilines is 1. The van der Waals surface area contributed by atoms with Crippen molar-refractivity contribution >= 4 is 11.6 Å². The molecule has 1 aliphatic rings. The summed E-state index contributed by atoms with van der Waals surface area (Å²) in [5.74, 6) is 0.303. The second-order valence-electron chi connectivity index (χ2n) is 6.62. The smallest absolute Gasteiger partial charge is 0.222 e. The van der Waals surface area contributed by atoms with Crippen molar-refractivity contribution in [3.8, 4) is 6.07 Å². The summed E-state index contributed by atoms with van der Waals surface area (Å²) in [6.07, 6.45) is 6.07. The highest BCUT2D eigenvalue weighted by Gasteiger charge is 2.28. The second-order valence-corrected chi connectivity index (χ2v) is 6.62. The van der Waals surface area contributed by atoms with Crippen LogP contribution in [0.4, 0.5) is 5.69 Å². The Bertz CT molecular complexity index is 791. The summed E-state index contributed by atoms with van der Waals surface area (Å²) in [6.45, 7) is 5.92. The first-order valence-corrected chi connectivity index (χ1v) is 8.49. The molecule has 7 heteroatoms. The second kappa shape index (κ2) is 7.34. The Labute approximate surface area is 147 Å². The van der Waals surface area contributed by atoms with Gasteiger partial charge in [-0.05, 0) is 12.5 Å². The Morgan fingerprint density at radius 1 is 1.52 bits per heavy atom. The highest BCUT2D eigenvalue weighted by atomic mass is 16.1. The molecule has 1 fully saturated rings. The Morgan fingerprint density at radius 3 is 3.12 bits per heavy atom. The number of aromatic amines is 1. The van der Waals surface area contributed by atoms with Crippen LogP contribution in [-0.4, -0.2) is 34.2 Å². The Morgan fingerprint density at radius 2 is 2.36 bits per heavy atom. The SMILES string of the molecule is CC(C)C(=O)NCc1cn[nH]c1C1CCN(c2ccncc2C#N)C1. The molecule has 1 atom stereocenters. The third-order valence-corrected chi connectivity index (χ3v) is 4.58. The first-order chi connectivity index (χ1) is 12.1. The quantitative estimate of drug-likeness (QED) is 0.868. The van der Waals surface area contributed by atoms with Crippen LogP contribution in [0.2, 0.25) is 0 Å². The van der Waals surface area contributed by atoms with Crippen LogP contribution >= 0.6 is 0 Å². The van der Waals surface area contributed by atoms with E-state index in [1.165, 1.54) is 0 Å².